The van der Waals surface area contributed by atoms with Gasteiger partial charge in [-0.05, 0) is 31.7 Å². The normalized spacial score (nSPS) is 12.3. The Morgan fingerprint density at radius 1 is 1.24 bits per heavy atom. The minimum atomic E-state index is -3.92. The fourth-order valence-electron chi connectivity index (χ4n) is 1.54. The molecular weight excluding hydrogens is 318 g/mol. The van der Waals surface area contributed by atoms with Crippen LogP contribution in [0.2, 0.25) is 0 Å². The van der Waals surface area contributed by atoms with E-state index in [-0.39, 0.29) is 22.9 Å². The van der Waals surface area contributed by atoms with E-state index >= 15 is 0 Å². The minimum absolute atomic E-state index is 0.130. The molecule has 4 N–H and O–H groups in total. The fraction of sp³-hybridized carbons (Fsp3) is 0.455. The molecule has 0 aliphatic heterocycles. The Kier molecular flexibility index (Phi) is 5.56. The van der Waals surface area contributed by atoms with Crippen molar-refractivity contribution in [3.63, 3.8) is 0 Å². The van der Waals surface area contributed by atoms with Gasteiger partial charge in [-0.2, -0.15) is 0 Å². The largest absolute Gasteiger partial charge is 0.495 e. The number of benzene rings is 1. The predicted molar refractivity (Wildman–Crippen MR) is 80.2 cm³/mol. The van der Waals surface area contributed by atoms with Crippen molar-refractivity contribution in [2.45, 2.75) is 11.8 Å². The van der Waals surface area contributed by atoms with Gasteiger partial charge in [0.05, 0.1) is 12.9 Å². The second kappa shape index (κ2) is 6.60. The number of methoxy groups -OCH3 is 1. The number of nitrogens with one attached hydrogen (secondary N) is 2. The maximum Gasteiger partial charge on any atom is 0.244 e. The van der Waals surface area contributed by atoms with Crippen molar-refractivity contribution in [3.8, 4) is 5.75 Å². The zero-order valence-corrected chi connectivity index (χ0v) is 13.6. The lowest BCUT2D eigenvalue weighted by Gasteiger charge is -2.13. The summed E-state index contributed by atoms with van der Waals surface area (Å²) in [6.45, 7) is 1.46. The molecule has 21 heavy (non-hydrogen) atoms. The Hall–Kier alpha value is -1.36. The van der Waals surface area contributed by atoms with E-state index in [1.807, 2.05) is 0 Å². The van der Waals surface area contributed by atoms with Gasteiger partial charge in [0, 0.05) is 12.2 Å². The smallest absolute Gasteiger partial charge is 0.244 e. The van der Waals surface area contributed by atoms with Crippen molar-refractivity contribution in [2.24, 2.45) is 0 Å². The van der Waals surface area contributed by atoms with Crippen molar-refractivity contribution in [3.05, 3.63) is 17.7 Å². The standard InChI is InChI=1S/C11H19N3O5S2/c1-8-6-10(19-3)11(7-9(8)12)21(17,18)14-4-5-20(15,16)13-2/h6-7,13-14H,4-5,12H2,1-3H3. The molecule has 0 fully saturated rings. The Morgan fingerprint density at radius 2 is 1.86 bits per heavy atom. The minimum Gasteiger partial charge on any atom is -0.495 e. The molecule has 0 unspecified atom stereocenters. The zero-order chi connectivity index (χ0) is 16.3. The number of hydrogen-bond donors (Lipinski definition) is 3. The molecule has 0 heterocycles. The number of sulfonamides is 2. The number of aryl methyl sites for hydroxylation is 1. The van der Waals surface area contributed by atoms with Gasteiger partial charge in [-0.1, -0.05) is 0 Å². The Morgan fingerprint density at radius 3 is 2.38 bits per heavy atom. The summed E-state index contributed by atoms with van der Waals surface area (Å²) in [6.07, 6.45) is 0. The second-order valence-corrected chi connectivity index (χ2v) is 8.06. The molecule has 0 amide bonds. The molecule has 0 radical (unpaired) electrons. The first-order valence-electron chi connectivity index (χ1n) is 5.98. The third-order valence-corrected chi connectivity index (χ3v) is 5.66. The summed E-state index contributed by atoms with van der Waals surface area (Å²) in [4.78, 5) is -0.130. The summed E-state index contributed by atoms with van der Waals surface area (Å²) in [5.74, 6) is -0.225. The van der Waals surface area contributed by atoms with Crippen LogP contribution in [-0.2, 0) is 20.0 Å². The van der Waals surface area contributed by atoms with Crippen LogP contribution in [0.4, 0.5) is 5.69 Å². The number of nitrogens with two attached hydrogens (primary N) is 1. The van der Waals surface area contributed by atoms with E-state index < -0.39 is 20.0 Å². The molecule has 0 atom stereocenters. The number of ether oxygens (including phenoxy) is 1. The lowest BCUT2D eigenvalue weighted by molar-refractivity contribution is 0.402. The van der Waals surface area contributed by atoms with Gasteiger partial charge < -0.3 is 10.5 Å². The Labute approximate surface area is 124 Å². The molecule has 0 aliphatic rings. The molecular formula is C11H19N3O5S2. The first-order chi connectivity index (χ1) is 9.63. The van der Waals surface area contributed by atoms with Crippen LogP contribution in [0.25, 0.3) is 0 Å². The van der Waals surface area contributed by atoms with Crippen LogP contribution in [-0.4, -0.2) is 43.3 Å². The van der Waals surface area contributed by atoms with Gasteiger partial charge in [0.15, 0.2) is 0 Å². The molecule has 1 aromatic rings. The van der Waals surface area contributed by atoms with Crippen molar-refractivity contribution in [1.29, 1.82) is 0 Å². The molecule has 0 saturated heterocycles. The van der Waals surface area contributed by atoms with Crippen LogP contribution in [0.15, 0.2) is 17.0 Å². The van der Waals surface area contributed by atoms with Crippen molar-refractivity contribution < 1.29 is 21.6 Å². The Bertz CT molecular complexity index is 714. The van der Waals surface area contributed by atoms with Crippen LogP contribution in [0.5, 0.6) is 5.75 Å². The fourth-order valence-corrected chi connectivity index (χ4v) is 3.46. The summed E-state index contributed by atoms with van der Waals surface area (Å²) >= 11 is 0. The molecule has 10 heteroatoms. The van der Waals surface area contributed by atoms with Crippen LogP contribution >= 0.6 is 0 Å². The highest BCUT2D eigenvalue weighted by Gasteiger charge is 2.21. The summed E-state index contributed by atoms with van der Waals surface area (Å²) in [5.41, 5.74) is 6.70. The predicted octanol–water partition coefficient (Wildman–Crippen LogP) is -0.587. The van der Waals surface area contributed by atoms with Gasteiger partial charge in [-0.15, -0.1) is 0 Å². The monoisotopic (exact) mass is 337 g/mol. The number of rotatable bonds is 7. The average molecular weight is 337 g/mol. The first kappa shape index (κ1) is 17.7. The van der Waals surface area contributed by atoms with E-state index in [9.17, 15) is 16.8 Å². The summed E-state index contributed by atoms with van der Waals surface area (Å²) in [6, 6.07) is 2.79. The molecule has 0 aromatic heterocycles. The van der Waals surface area contributed by atoms with Gasteiger partial charge >= 0.3 is 0 Å². The van der Waals surface area contributed by atoms with Crippen LogP contribution in [0.1, 0.15) is 5.56 Å². The van der Waals surface area contributed by atoms with Crippen LogP contribution in [0, 0.1) is 6.92 Å². The van der Waals surface area contributed by atoms with Crippen LogP contribution in [0.3, 0.4) is 0 Å². The highest BCUT2D eigenvalue weighted by Crippen LogP contribution is 2.28. The van der Waals surface area contributed by atoms with Gasteiger partial charge in [-0.3, -0.25) is 0 Å². The van der Waals surface area contributed by atoms with Gasteiger partial charge in [0.1, 0.15) is 10.6 Å². The van der Waals surface area contributed by atoms with Crippen molar-refractivity contribution >= 4 is 25.7 Å². The molecule has 120 valence electrons. The van der Waals surface area contributed by atoms with Gasteiger partial charge in [-0.25, -0.2) is 26.3 Å². The number of anilines is 1. The maximum absolute atomic E-state index is 12.2. The number of nitrogen functional groups attached to an aromatic ring is 1. The average Bonchev–Trinajstić information content (AvgIpc) is 2.40. The molecule has 0 saturated carbocycles. The van der Waals surface area contributed by atoms with E-state index in [0.29, 0.717) is 11.3 Å². The third-order valence-electron chi connectivity index (χ3n) is 2.82. The van der Waals surface area contributed by atoms with Crippen LogP contribution < -0.4 is 19.9 Å². The molecule has 0 spiro atoms. The van der Waals surface area contributed by atoms with E-state index in [1.54, 1.807) is 6.92 Å². The lowest BCUT2D eigenvalue weighted by atomic mass is 10.2. The van der Waals surface area contributed by atoms with E-state index in [2.05, 4.69) is 9.44 Å². The highest BCUT2D eigenvalue weighted by atomic mass is 32.2. The van der Waals surface area contributed by atoms with Gasteiger partial charge in [0.25, 0.3) is 0 Å². The van der Waals surface area contributed by atoms with Crippen molar-refractivity contribution in [2.75, 3.05) is 32.2 Å². The second-order valence-electron chi connectivity index (χ2n) is 4.28. The topological polar surface area (TPSA) is 128 Å². The van der Waals surface area contributed by atoms with E-state index in [0.717, 1.165) is 0 Å². The number of hydrogen-bond acceptors (Lipinski definition) is 6. The quantitative estimate of drug-likeness (QED) is 0.571. The molecule has 1 rings (SSSR count). The van der Waals surface area contributed by atoms with E-state index in [4.69, 9.17) is 10.5 Å². The van der Waals surface area contributed by atoms with Crippen molar-refractivity contribution in [1.82, 2.24) is 9.44 Å². The summed E-state index contributed by atoms with van der Waals surface area (Å²) < 4.78 is 56.2. The van der Waals surface area contributed by atoms with Gasteiger partial charge in [0.2, 0.25) is 20.0 Å². The molecule has 1 aromatic carbocycles. The van der Waals surface area contributed by atoms with E-state index in [1.165, 1.54) is 26.3 Å². The maximum atomic E-state index is 12.2. The lowest BCUT2D eigenvalue weighted by Crippen LogP contribution is -2.33. The third kappa shape index (κ3) is 4.56. The SMILES string of the molecule is CNS(=O)(=O)CCNS(=O)(=O)c1cc(N)c(C)cc1OC. The Balaban J connectivity index is 3.01. The molecule has 8 nitrogen and oxygen atoms in total. The summed E-state index contributed by atoms with van der Waals surface area (Å²) in [5, 5.41) is 0. The zero-order valence-electron chi connectivity index (χ0n) is 12.0. The first-order valence-corrected chi connectivity index (χ1v) is 9.11. The molecule has 0 aliphatic carbocycles. The summed E-state index contributed by atoms with van der Waals surface area (Å²) in [7, 11) is -4.81. The molecule has 0 bridgehead atoms. The highest BCUT2D eigenvalue weighted by molar-refractivity contribution is 7.90.